The van der Waals surface area contributed by atoms with Gasteiger partial charge in [-0.25, -0.2) is 0 Å². The van der Waals surface area contributed by atoms with Gasteiger partial charge in [-0.05, 0) is 30.7 Å². The molecule has 104 valence electrons. The summed E-state index contributed by atoms with van der Waals surface area (Å²) in [5.41, 5.74) is 6.88. The second-order valence-corrected chi connectivity index (χ2v) is 4.64. The molecule has 20 heavy (non-hydrogen) atoms. The molecule has 0 spiro atoms. The van der Waals surface area contributed by atoms with Gasteiger partial charge in [0.05, 0.1) is 15.5 Å². The predicted octanol–water partition coefficient (Wildman–Crippen LogP) is 3.81. The zero-order valence-corrected chi connectivity index (χ0v) is 11.6. The summed E-state index contributed by atoms with van der Waals surface area (Å²) in [6.07, 6.45) is 0. The molecule has 0 saturated carbocycles. The fourth-order valence-corrected chi connectivity index (χ4v) is 2.03. The van der Waals surface area contributed by atoms with Crippen molar-refractivity contribution < 1.29 is 9.66 Å². The molecule has 0 aliphatic rings. The van der Waals surface area contributed by atoms with Crippen LogP contribution < -0.4 is 10.5 Å². The van der Waals surface area contributed by atoms with Gasteiger partial charge in [0.2, 0.25) is 0 Å². The van der Waals surface area contributed by atoms with Crippen molar-refractivity contribution in [2.45, 2.75) is 13.5 Å². The molecule has 2 aromatic rings. The third-order valence-corrected chi connectivity index (χ3v) is 3.20. The van der Waals surface area contributed by atoms with Crippen molar-refractivity contribution in [3.63, 3.8) is 0 Å². The van der Waals surface area contributed by atoms with Gasteiger partial charge < -0.3 is 10.5 Å². The molecule has 0 bridgehead atoms. The van der Waals surface area contributed by atoms with Crippen molar-refractivity contribution in [1.29, 1.82) is 0 Å². The monoisotopic (exact) mass is 292 g/mol. The van der Waals surface area contributed by atoms with Crippen molar-refractivity contribution in [3.05, 3.63) is 62.7 Å². The number of rotatable bonds is 4. The number of hydrogen-bond donors (Lipinski definition) is 1. The van der Waals surface area contributed by atoms with Gasteiger partial charge in [0.15, 0.2) is 0 Å². The first kappa shape index (κ1) is 14.3. The first-order valence-corrected chi connectivity index (χ1v) is 6.31. The fraction of sp³-hybridized carbons (Fsp3) is 0.143. The van der Waals surface area contributed by atoms with E-state index < -0.39 is 4.92 Å². The molecule has 2 aromatic carbocycles. The first-order chi connectivity index (χ1) is 9.52. The highest BCUT2D eigenvalue weighted by molar-refractivity contribution is 6.32. The lowest BCUT2D eigenvalue weighted by atomic mass is 10.2. The number of hydrogen-bond acceptors (Lipinski definition) is 4. The lowest BCUT2D eigenvalue weighted by Gasteiger charge is -2.11. The molecule has 2 rings (SSSR count). The summed E-state index contributed by atoms with van der Waals surface area (Å²) < 4.78 is 5.65. The molecule has 0 aliphatic heterocycles. The highest BCUT2D eigenvalue weighted by Crippen LogP contribution is 2.34. The summed E-state index contributed by atoms with van der Waals surface area (Å²) in [5, 5.41) is 11.3. The van der Waals surface area contributed by atoms with E-state index in [0.29, 0.717) is 28.6 Å². The van der Waals surface area contributed by atoms with E-state index in [1.54, 1.807) is 37.3 Å². The molecule has 0 aliphatic carbocycles. The highest BCUT2D eigenvalue weighted by Gasteiger charge is 2.15. The molecule has 0 atom stereocenters. The molecular weight excluding hydrogens is 280 g/mol. The van der Waals surface area contributed by atoms with Gasteiger partial charge in [0, 0.05) is 12.6 Å². The summed E-state index contributed by atoms with van der Waals surface area (Å²) in [5.74, 6) is 0.842. The molecule has 5 nitrogen and oxygen atoms in total. The van der Waals surface area contributed by atoms with Crippen LogP contribution in [0.5, 0.6) is 11.5 Å². The van der Waals surface area contributed by atoms with E-state index in [1.807, 2.05) is 0 Å². The van der Waals surface area contributed by atoms with E-state index in [1.165, 1.54) is 6.07 Å². The highest BCUT2D eigenvalue weighted by atomic mass is 35.5. The Balaban J connectivity index is 2.35. The molecule has 0 unspecified atom stereocenters. The van der Waals surface area contributed by atoms with Crippen molar-refractivity contribution in [2.24, 2.45) is 5.73 Å². The van der Waals surface area contributed by atoms with Crippen LogP contribution in [0.4, 0.5) is 5.69 Å². The molecule has 0 fully saturated rings. The van der Waals surface area contributed by atoms with Crippen LogP contribution in [0.3, 0.4) is 0 Å². The minimum atomic E-state index is -0.443. The second kappa shape index (κ2) is 5.90. The largest absolute Gasteiger partial charge is 0.455 e. The standard InChI is InChI=1S/C14H13ClN2O3/c1-9-12(17(18)19)3-2-4-13(9)20-14-6-5-10(8-16)7-11(14)15/h2-7H,8,16H2,1H3. The predicted molar refractivity (Wildman–Crippen MR) is 77.3 cm³/mol. The molecule has 0 radical (unpaired) electrons. The summed E-state index contributed by atoms with van der Waals surface area (Å²) in [6, 6.07) is 9.87. The molecule has 0 saturated heterocycles. The molecule has 0 amide bonds. The van der Waals surface area contributed by atoms with E-state index in [2.05, 4.69) is 0 Å². The Bertz CT molecular complexity index is 659. The van der Waals surface area contributed by atoms with E-state index in [4.69, 9.17) is 22.1 Å². The van der Waals surface area contributed by atoms with Crippen LogP contribution in [0.25, 0.3) is 0 Å². The summed E-state index contributed by atoms with van der Waals surface area (Å²) >= 11 is 6.10. The number of ether oxygens (including phenoxy) is 1. The summed E-state index contributed by atoms with van der Waals surface area (Å²) in [7, 11) is 0. The Hall–Kier alpha value is -2.11. The maximum absolute atomic E-state index is 10.9. The molecular formula is C14H13ClN2O3. The van der Waals surface area contributed by atoms with Crippen LogP contribution in [0.1, 0.15) is 11.1 Å². The maximum Gasteiger partial charge on any atom is 0.276 e. The molecule has 0 aromatic heterocycles. The fourth-order valence-electron chi connectivity index (χ4n) is 1.78. The van der Waals surface area contributed by atoms with Gasteiger partial charge in [-0.2, -0.15) is 0 Å². The van der Waals surface area contributed by atoms with E-state index in [0.717, 1.165) is 5.56 Å². The minimum absolute atomic E-state index is 0.0113. The quantitative estimate of drug-likeness (QED) is 0.686. The van der Waals surface area contributed by atoms with Gasteiger partial charge in [0.25, 0.3) is 5.69 Å². The van der Waals surface area contributed by atoms with Crippen LogP contribution in [-0.4, -0.2) is 4.92 Å². The van der Waals surface area contributed by atoms with Crippen molar-refractivity contribution in [1.82, 2.24) is 0 Å². The molecule has 0 heterocycles. The Labute approximate surface area is 121 Å². The minimum Gasteiger partial charge on any atom is -0.455 e. The van der Waals surface area contributed by atoms with Crippen LogP contribution in [0.2, 0.25) is 5.02 Å². The zero-order valence-electron chi connectivity index (χ0n) is 10.8. The molecule has 6 heteroatoms. The van der Waals surface area contributed by atoms with Crippen LogP contribution in [0.15, 0.2) is 36.4 Å². The van der Waals surface area contributed by atoms with Crippen LogP contribution in [0, 0.1) is 17.0 Å². The number of nitrogens with zero attached hydrogens (tertiary/aromatic N) is 1. The maximum atomic E-state index is 10.9. The van der Waals surface area contributed by atoms with E-state index in [9.17, 15) is 10.1 Å². The van der Waals surface area contributed by atoms with Crippen molar-refractivity contribution in [2.75, 3.05) is 0 Å². The third-order valence-electron chi connectivity index (χ3n) is 2.90. The van der Waals surface area contributed by atoms with Crippen molar-refractivity contribution >= 4 is 17.3 Å². The van der Waals surface area contributed by atoms with Gasteiger partial charge in [-0.3, -0.25) is 10.1 Å². The lowest BCUT2D eigenvalue weighted by molar-refractivity contribution is -0.385. The van der Waals surface area contributed by atoms with E-state index >= 15 is 0 Å². The number of benzene rings is 2. The topological polar surface area (TPSA) is 78.4 Å². The molecule has 2 N–H and O–H groups in total. The Kier molecular flexibility index (Phi) is 4.22. The Morgan fingerprint density at radius 1 is 1.30 bits per heavy atom. The van der Waals surface area contributed by atoms with Gasteiger partial charge >= 0.3 is 0 Å². The van der Waals surface area contributed by atoms with Crippen molar-refractivity contribution in [3.8, 4) is 11.5 Å². The Morgan fingerprint density at radius 3 is 2.65 bits per heavy atom. The average Bonchev–Trinajstić information content (AvgIpc) is 2.42. The average molecular weight is 293 g/mol. The SMILES string of the molecule is Cc1c(Oc2ccc(CN)cc2Cl)cccc1[N+](=O)[O-]. The number of nitro groups is 1. The van der Waals surface area contributed by atoms with Gasteiger partial charge in [-0.1, -0.05) is 23.7 Å². The first-order valence-electron chi connectivity index (χ1n) is 5.93. The van der Waals surface area contributed by atoms with Gasteiger partial charge in [-0.15, -0.1) is 0 Å². The second-order valence-electron chi connectivity index (χ2n) is 4.23. The van der Waals surface area contributed by atoms with Crippen LogP contribution in [-0.2, 0) is 6.54 Å². The zero-order chi connectivity index (χ0) is 14.7. The summed E-state index contributed by atoms with van der Waals surface area (Å²) in [4.78, 5) is 10.4. The Morgan fingerprint density at radius 2 is 2.05 bits per heavy atom. The smallest absolute Gasteiger partial charge is 0.276 e. The van der Waals surface area contributed by atoms with E-state index in [-0.39, 0.29) is 5.69 Å². The summed E-state index contributed by atoms with van der Waals surface area (Å²) in [6.45, 7) is 2.02. The number of nitrogens with two attached hydrogens (primary N) is 1. The number of halogens is 1. The lowest BCUT2D eigenvalue weighted by Crippen LogP contribution is -1.97. The normalized spacial score (nSPS) is 10.3. The third kappa shape index (κ3) is 2.89. The number of nitro benzene ring substituents is 1. The van der Waals surface area contributed by atoms with Gasteiger partial charge in [0.1, 0.15) is 11.5 Å². The van der Waals surface area contributed by atoms with Crippen LogP contribution >= 0.6 is 11.6 Å².